The summed E-state index contributed by atoms with van der Waals surface area (Å²) in [6.45, 7) is 5.26. The summed E-state index contributed by atoms with van der Waals surface area (Å²) in [6.07, 6.45) is 0. The highest BCUT2D eigenvalue weighted by atomic mass is 35.5. The summed E-state index contributed by atoms with van der Waals surface area (Å²) in [5.74, 6) is -0.575. The summed E-state index contributed by atoms with van der Waals surface area (Å²) in [4.78, 5) is 25.9. The molecule has 1 aromatic carbocycles. The minimum absolute atomic E-state index is 0. The maximum Gasteiger partial charge on any atom is 0.251 e. The summed E-state index contributed by atoms with van der Waals surface area (Å²) < 4.78 is 0. The molecule has 1 fully saturated rings. The number of amides is 2. The number of benzene rings is 1. The van der Waals surface area contributed by atoms with Gasteiger partial charge in [-0.1, -0.05) is 23.2 Å². The summed E-state index contributed by atoms with van der Waals surface area (Å²) >= 11 is 11.7. The third-order valence-electron chi connectivity index (χ3n) is 3.55. The van der Waals surface area contributed by atoms with Crippen molar-refractivity contribution in [3.05, 3.63) is 33.8 Å². The van der Waals surface area contributed by atoms with Gasteiger partial charge in [-0.15, -0.1) is 12.4 Å². The van der Waals surface area contributed by atoms with E-state index in [1.54, 1.807) is 12.1 Å². The number of carbonyl (C=O) groups is 2. The second-order valence-electron chi connectivity index (χ2n) is 5.25. The predicted octanol–water partition coefficient (Wildman–Crippen LogP) is 1.17. The lowest BCUT2D eigenvalue weighted by Gasteiger charge is -2.27. The standard InChI is InChI=1S/C15H20Cl2N4O2.ClH/c16-12-2-1-11(9-13(12)17)15(23)20-10-14(22)19-5-8-21-6-3-18-4-7-21;/h1-2,9,18H,3-8,10H2,(H,19,22)(H,20,23);1H. The number of piperazine rings is 1. The molecule has 2 rings (SSSR count). The number of nitrogens with zero attached hydrogens (tertiary/aromatic N) is 1. The van der Waals surface area contributed by atoms with Gasteiger partial charge < -0.3 is 16.0 Å². The average Bonchev–Trinajstić information content (AvgIpc) is 2.56. The third-order valence-corrected chi connectivity index (χ3v) is 4.29. The first-order valence-corrected chi connectivity index (χ1v) is 8.25. The van der Waals surface area contributed by atoms with Crippen molar-refractivity contribution in [3.8, 4) is 0 Å². The highest BCUT2D eigenvalue weighted by molar-refractivity contribution is 6.42. The number of nitrogens with one attached hydrogen (secondary N) is 3. The Hall–Kier alpha value is -1.05. The number of carbonyl (C=O) groups excluding carboxylic acids is 2. The molecule has 0 unspecified atom stereocenters. The average molecular weight is 396 g/mol. The zero-order chi connectivity index (χ0) is 16.7. The Morgan fingerprint density at radius 2 is 1.83 bits per heavy atom. The monoisotopic (exact) mass is 394 g/mol. The van der Waals surface area contributed by atoms with Gasteiger partial charge in [0.1, 0.15) is 0 Å². The molecule has 1 aromatic rings. The molecule has 0 bridgehead atoms. The van der Waals surface area contributed by atoms with Crippen molar-refractivity contribution in [2.75, 3.05) is 45.8 Å². The lowest BCUT2D eigenvalue weighted by molar-refractivity contribution is -0.120. The Morgan fingerprint density at radius 3 is 2.50 bits per heavy atom. The van der Waals surface area contributed by atoms with E-state index in [2.05, 4.69) is 20.9 Å². The molecule has 3 N–H and O–H groups in total. The van der Waals surface area contributed by atoms with Crippen LogP contribution < -0.4 is 16.0 Å². The fraction of sp³-hybridized carbons (Fsp3) is 0.467. The first-order chi connectivity index (χ1) is 11.1. The molecule has 1 aliphatic rings. The predicted molar refractivity (Wildman–Crippen MR) is 98.4 cm³/mol. The van der Waals surface area contributed by atoms with Crippen molar-refractivity contribution >= 4 is 47.4 Å². The minimum Gasteiger partial charge on any atom is -0.353 e. The quantitative estimate of drug-likeness (QED) is 0.676. The summed E-state index contributed by atoms with van der Waals surface area (Å²) in [5.41, 5.74) is 0.369. The van der Waals surface area contributed by atoms with Crippen LogP contribution in [-0.4, -0.2) is 62.5 Å². The molecule has 0 saturated carbocycles. The zero-order valence-corrected chi connectivity index (χ0v) is 15.4. The molecule has 2 amide bonds. The van der Waals surface area contributed by atoms with Gasteiger partial charge in [-0.25, -0.2) is 0 Å². The van der Waals surface area contributed by atoms with E-state index in [0.29, 0.717) is 22.2 Å². The molecule has 1 heterocycles. The van der Waals surface area contributed by atoms with Gasteiger partial charge >= 0.3 is 0 Å². The lowest BCUT2D eigenvalue weighted by Crippen LogP contribution is -2.47. The SMILES string of the molecule is Cl.O=C(CNC(=O)c1ccc(Cl)c(Cl)c1)NCCN1CCNCC1. The summed E-state index contributed by atoms with van der Waals surface area (Å²) in [6, 6.07) is 4.58. The van der Waals surface area contributed by atoms with Gasteiger partial charge in [-0.2, -0.15) is 0 Å². The highest BCUT2D eigenvalue weighted by Crippen LogP contribution is 2.22. The van der Waals surface area contributed by atoms with Crippen LogP contribution in [-0.2, 0) is 4.79 Å². The zero-order valence-electron chi connectivity index (χ0n) is 13.1. The molecule has 0 spiro atoms. The Labute approximate surface area is 157 Å². The normalized spacial score (nSPS) is 14.6. The third kappa shape index (κ3) is 6.83. The molecular formula is C15H21Cl3N4O2. The van der Waals surface area contributed by atoms with Gasteiger partial charge in [0.2, 0.25) is 5.91 Å². The molecule has 0 atom stereocenters. The van der Waals surface area contributed by atoms with Gasteiger partial charge in [0, 0.05) is 44.8 Å². The Kier molecular flexibility index (Phi) is 9.39. The van der Waals surface area contributed by atoms with E-state index >= 15 is 0 Å². The van der Waals surface area contributed by atoms with Crippen LogP contribution in [0.2, 0.25) is 10.0 Å². The molecule has 0 aromatic heterocycles. The van der Waals surface area contributed by atoms with Gasteiger partial charge in [0.05, 0.1) is 16.6 Å². The first-order valence-electron chi connectivity index (χ1n) is 7.49. The van der Waals surface area contributed by atoms with E-state index in [1.165, 1.54) is 6.07 Å². The summed E-state index contributed by atoms with van der Waals surface area (Å²) in [7, 11) is 0. The van der Waals surface area contributed by atoms with E-state index in [0.717, 1.165) is 32.7 Å². The van der Waals surface area contributed by atoms with Crippen molar-refractivity contribution in [1.82, 2.24) is 20.9 Å². The van der Waals surface area contributed by atoms with Crippen LogP contribution in [0.25, 0.3) is 0 Å². The molecule has 0 aliphatic carbocycles. The number of rotatable bonds is 6. The second kappa shape index (κ2) is 10.7. The molecule has 0 radical (unpaired) electrons. The fourth-order valence-electron chi connectivity index (χ4n) is 2.25. The summed E-state index contributed by atoms with van der Waals surface area (Å²) in [5, 5.41) is 9.32. The van der Waals surface area contributed by atoms with Crippen molar-refractivity contribution in [2.24, 2.45) is 0 Å². The number of halogens is 3. The first kappa shape index (κ1) is 21.0. The molecule has 6 nitrogen and oxygen atoms in total. The van der Waals surface area contributed by atoms with Crippen LogP contribution in [0, 0.1) is 0 Å². The Morgan fingerprint density at radius 1 is 1.12 bits per heavy atom. The lowest BCUT2D eigenvalue weighted by atomic mass is 10.2. The van der Waals surface area contributed by atoms with Crippen LogP contribution in [0.4, 0.5) is 0 Å². The maximum atomic E-state index is 11.9. The van der Waals surface area contributed by atoms with E-state index in [-0.39, 0.29) is 30.8 Å². The topological polar surface area (TPSA) is 73.5 Å². The van der Waals surface area contributed by atoms with Gasteiger partial charge in [0.25, 0.3) is 5.91 Å². The van der Waals surface area contributed by atoms with E-state index in [1.807, 2.05) is 0 Å². The molecular weight excluding hydrogens is 375 g/mol. The Bertz CT molecular complexity index is 566. The molecule has 24 heavy (non-hydrogen) atoms. The van der Waals surface area contributed by atoms with Crippen LogP contribution in [0.5, 0.6) is 0 Å². The number of hydrogen-bond acceptors (Lipinski definition) is 4. The van der Waals surface area contributed by atoms with E-state index < -0.39 is 0 Å². The fourth-order valence-corrected chi connectivity index (χ4v) is 2.55. The van der Waals surface area contributed by atoms with Gasteiger partial charge in [-0.3, -0.25) is 14.5 Å². The van der Waals surface area contributed by atoms with Crippen LogP contribution >= 0.6 is 35.6 Å². The van der Waals surface area contributed by atoms with Crippen molar-refractivity contribution in [1.29, 1.82) is 0 Å². The van der Waals surface area contributed by atoms with Crippen LogP contribution in [0.15, 0.2) is 18.2 Å². The molecule has 1 saturated heterocycles. The van der Waals surface area contributed by atoms with E-state index in [4.69, 9.17) is 23.2 Å². The van der Waals surface area contributed by atoms with Crippen LogP contribution in [0.3, 0.4) is 0 Å². The largest absolute Gasteiger partial charge is 0.353 e. The minimum atomic E-state index is -0.360. The van der Waals surface area contributed by atoms with Crippen molar-refractivity contribution in [3.63, 3.8) is 0 Å². The van der Waals surface area contributed by atoms with Gasteiger partial charge in [-0.05, 0) is 18.2 Å². The van der Waals surface area contributed by atoms with Crippen molar-refractivity contribution < 1.29 is 9.59 Å². The molecule has 1 aliphatic heterocycles. The van der Waals surface area contributed by atoms with Gasteiger partial charge in [0.15, 0.2) is 0 Å². The number of hydrogen-bond donors (Lipinski definition) is 3. The maximum absolute atomic E-state index is 11.9. The van der Waals surface area contributed by atoms with Crippen molar-refractivity contribution in [2.45, 2.75) is 0 Å². The highest BCUT2D eigenvalue weighted by Gasteiger charge is 2.11. The molecule has 134 valence electrons. The molecule has 9 heteroatoms. The van der Waals surface area contributed by atoms with Crippen LogP contribution in [0.1, 0.15) is 10.4 Å². The second-order valence-corrected chi connectivity index (χ2v) is 6.07. The smallest absolute Gasteiger partial charge is 0.251 e. The van der Waals surface area contributed by atoms with E-state index in [9.17, 15) is 9.59 Å². The Balaban J connectivity index is 0.00000288.